The van der Waals surface area contributed by atoms with E-state index in [-0.39, 0.29) is 11.8 Å². The summed E-state index contributed by atoms with van der Waals surface area (Å²) in [5.41, 5.74) is 8.18. The van der Waals surface area contributed by atoms with E-state index in [9.17, 15) is 4.79 Å². The van der Waals surface area contributed by atoms with E-state index in [4.69, 9.17) is 10.5 Å². The number of carbonyl (C=O) groups excluding carboxylic acids is 1. The minimum Gasteiger partial charge on any atom is -0.384 e. The van der Waals surface area contributed by atoms with Crippen LogP contribution < -0.4 is 5.73 Å². The van der Waals surface area contributed by atoms with Crippen molar-refractivity contribution in [3.63, 3.8) is 0 Å². The van der Waals surface area contributed by atoms with Gasteiger partial charge in [-0.25, -0.2) is 4.68 Å². The minimum atomic E-state index is -0.708. The minimum absolute atomic E-state index is 0.0306. The molecular formula is C21H28N6O2. The highest BCUT2D eigenvalue weighted by Crippen LogP contribution is 2.42. The van der Waals surface area contributed by atoms with Crippen molar-refractivity contribution in [2.45, 2.75) is 45.6 Å². The number of pyridine rings is 1. The Morgan fingerprint density at radius 3 is 2.69 bits per heavy atom. The molecule has 8 heteroatoms. The fraction of sp³-hybridized carbons (Fsp3) is 0.476. The summed E-state index contributed by atoms with van der Waals surface area (Å²) >= 11 is 0. The van der Waals surface area contributed by atoms with Gasteiger partial charge >= 0.3 is 0 Å². The number of methoxy groups -OCH3 is 1. The Labute approximate surface area is 170 Å². The largest absolute Gasteiger partial charge is 0.384 e. The topological polar surface area (TPSA) is 109 Å². The normalized spacial score (nSPS) is 20.3. The molecule has 2 heterocycles. The fourth-order valence-electron chi connectivity index (χ4n) is 3.76. The quantitative estimate of drug-likeness (QED) is 0.770. The maximum absolute atomic E-state index is 12.3. The van der Waals surface area contributed by atoms with Gasteiger partial charge in [0.05, 0.1) is 17.8 Å². The van der Waals surface area contributed by atoms with Crippen LogP contribution in [0.4, 0.5) is 0 Å². The van der Waals surface area contributed by atoms with E-state index in [1.165, 1.54) is 0 Å². The van der Waals surface area contributed by atoms with Gasteiger partial charge in [0, 0.05) is 37.1 Å². The van der Waals surface area contributed by atoms with Gasteiger partial charge in [0.15, 0.2) is 5.82 Å². The molecule has 0 radical (unpaired) electrons. The van der Waals surface area contributed by atoms with Crippen LogP contribution in [0.5, 0.6) is 0 Å². The number of nitrogens with zero attached hydrogens (tertiary/aromatic N) is 5. The Morgan fingerprint density at radius 1 is 1.34 bits per heavy atom. The summed E-state index contributed by atoms with van der Waals surface area (Å²) in [5, 5.41) is 12.5. The number of amides is 1. The lowest BCUT2D eigenvalue weighted by atomic mass is 9.74. The molecule has 0 aliphatic heterocycles. The molecular weight excluding hydrogens is 368 g/mol. The number of aryl methyl sites for hydroxylation is 1. The molecule has 2 atom stereocenters. The molecule has 8 nitrogen and oxygen atoms in total. The van der Waals surface area contributed by atoms with Gasteiger partial charge in [0.25, 0.3) is 0 Å². The Bertz CT molecular complexity index is 944. The molecule has 0 saturated heterocycles. The van der Waals surface area contributed by atoms with Crippen molar-refractivity contribution in [1.29, 1.82) is 0 Å². The lowest BCUT2D eigenvalue weighted by Crippen LogP contribution is -2.45. The number of carbonyl (C=O) groups is 1. The first-order valence-electron chi connectivity index (χ1n) is 9.72. The van der Waals surface area contributed by atoms with Crippen molar-refractivity contribution in [2.24, 2.45) is 11.7 Å². The second-order valence-electron chi connectivity index (χ2n) is 7.98. The van der Waals surface area contributed by atoms with Gasteiger partial charge in [0.2, 0.25) is 5.91 Å². The number of primary amides is 1. The first-order chi connectivity index (χ1) is 13.8. The van der Waals surface area contributed by atoms with Crippen LogP contribution in [0.15, 0.2) is 36.1 Å². The number of hydrogen-bond donors (Lipinski definition) is 1. The van der Waals surface area contributed by atoms with Gasteiger partial charge in [-0.1, -0.05) is 26.8 Å². The average molecular weight is 396 g/mol. The van der Waals surface area contributed by atoms with Gasteiger partial charge in [-0.15, -0.1) is 5.10 Å². The van der Waals surface area contributed by atoms with Gasteiger partial charge in [-0.3, -0.25) is 9.78 Å². The van der Waals surface area contributed by atoms with Crippen LogP contribution in [0.25, 0.3) is 5.57 Å². The molecule has 0 spiro atoms. The maximum Gasteiger partial charge on any atom is 0.244 e. The molecule has 154 valence electrons. The summed E-state index contributed by atoms with van der Waals surface area (Å²) in [6.45, 7) is 8.59. The van der Waals surface area contributed by atoms with Crippen molar-refractivity contribution in [3.8, 4) is 0 Å². The van der Waals surface area contributed by atoms with Crippen LogP contribution in [0, 0.1) is 12.8 Å². The number of tetrazole rings is 1. The van der Waals surface area contributed by atoms with Crippen molar-refractivity contribution in [2.75, 3.05) is 13.7 Å². The van der Waals surface area contributed by atoms with E-state index in [1.807, 2.05) is 43.7 Å². The fourth-order valence-corrected chi connectivity index (χ4v) is 3.76. The maximum atomic E-state index is 12.3. The number of nitrogens with two attached hydrogens (primary N) is 1. The summed E-state index contributed by atoms with van der Waals surface area (Å²) in [4.78, 5) is 16.8. The third kappa shape index (κ3) is 3.98. The van der Waals surface area contributed by atoms with Gasteiger partial charge < -0.3 is 10.5 Å². The summed E-state index contributed by atoms with van der Waals surface area (Å²) in [7, 11) is 1.66. The van der Waals surface area contributed by atoms with Gasteiger partial charge in [-0.2, -0.15) is 0 Å². The Hall–Kier alpha value is -2.87. The molecule has 0 fully saturated rings. The molecule has 0 bridgehead atoms. The second kappa shape index (κ2) is 8.24. The molecule has 29 heavy (non-hydrogen) atoms. The van der Waals surface area contributed by atoms with Crippen LogP contribution in [-0.2, 0) is 15.1 Å². The van der Waals surface area contributed by atoms with Gasteiger partial charge in [0.1, 0.15) is 0 Å². The van der Waals surface area contributed by atoms with Crippen LogP contribution in [0.2, 0.25) is 0 Å². The Kier molecular flexibility index (Phi) is 5.93. The molecule has 1 aliphatic carbocycles. The van der Waals surface area contributed by atoms with Crippen molar-refractivity contribution >= 4 is 11.5 Å². The van der Waals surface area contributed by atoms with Crippen LogP contribution in [-0.4, -0.2) is 44.8 Å². The zero-order chi connectivity index (χ0) is 21.2. The van der Waals surface area contributed by atoms with Crippen molar-refractivity contribution in [1.82, 2.24) is 25.2 Å². The predicted octanol–water partition coefficient (Wildman–Crippen LogP) is 2.38. The number of rotatable bonds is 7. The van der Waals surface area contributed by atoms with E-state index in [0.29, 0.717) is 18.6 Å². The molecule has 2 unspecified atom stereocenters. The molecule has 2 N–H and O–H groups in total. The summed E-state index contributed by atoms with van der Waals surface area (Å²) in [5.74, 6) is 0.355. The van der Waals surface area contributed by atoms with Crippen molar-refractivity contribution < 1.29 is 9.53 Å². The smallest absolute Gasteiger partial charge is 0.244 e. The van der Waals surface area contributed by atoms with Crippen LogP contribution in [0.3, 0.4) is 0 Å². The molecule has 1 amide bonds. The van der Waals surface area contributed by atoms with E-state index in [1.54, 1.807) is 13.3 Å². The van der Waals surface area contributed by atoms with Crippen LogP contribution in [0.1, 0.15) is 50.2 Å². The summed E-state index contributed by atoms with van der Waals surface area (Å²) in [6, 6.07) is 3.93. The van der Waals surface area contributed by atoms with Crippen LogP contribution >= 0.6 is 0 Å². The summed E-state index contributed by atoms with van der Waals surface area (Å²) in [6.07, 6.45) is 6.10. The number of allylic oxidation sites excluding steroid dienone is 3. The first-order valence-corrected chi connectivity index (χ1v) is 9.72. The predicted molar refractivity (Wildman–Crippen MR) is 110 cm³/mol. The second-order valence-corrected chi connectivity index (χ2v) is 7.98. The Morgan fingerprint density at radius 2 is 2.10 bits per heavy atom. The lowest BCUT2D eigenvalue weighted by molar-refractivity contribution is -0.115. The highest BCUT2D eigenvalue weighted by molar-refractivity contribution is 5.96. The third-order valence-electron chi connectivity index (χ3n) is 5.41. The molecule has 2 aromatic heterocycles. The Balaban J connectivity index is 2.25. The standard InChI is InChI=1S/C21H28N6O2/c1-13(2)20-24-25-26-27(20)21(15(4)12-29-5)9-16(8-17(10-21)19(22)28)18-7-6-14(3)11-23-18/h6-9,11,13,15H,10,12H2,1-5H3,(H2,22,28). The highest BCUT2D eigenvalue weighted by Gasteiger charge is 2.43. The monoisotopic (exact) mass is 396 g/mol. The average Bonchev–Trinajstić information content (AvgIpc) is 3.19. The lowest BCUT2D eigenvalue weighted by Gasteiger charge is -2.40. The zero-order valence-electron chi connectivity index (χ0n) is 17.6. The molecule has 2 aromatic rings. The molecule has 0 aromatic carbocycles. The highest BCUT2D eigenvalue weighted by atomic mass is 16.5. The van der Waals surface area contributed by atoms with E-state index in [2.05, 4.69) is 33.5 Å². The van der Waals surface area contributed by atoms with Crippen molar-refractivity contribution in [3.05, 3.63) is 53.1 Å². The molecule has 1 aliphatic rings. The van der Waals surface area contributed by atoms with E-state index >= 15 is 0 Å². The van der Waals surface area contributed by atoms with E-state index in [0.717, 1.165) is 22.7 Å². The SMILES string of the molecule is COCC(C)C1(n2nnnc2C(C)C)C=C(c2ccc(C)cn2)C=C(C(N)=O)C1. The number of ether oxygens (including phenoxy) is 1. The third-order valence-corrected chi connectivity index (χ3v) is 5.41. The number of hydrogen-bond acceptors (Lipinski definition) is 6. The molecule has 0 saturated carbocycles. The van der Waals surface area contributed by atoms with Gasteiger partial charge in [-0.05, 0) is 46.7 Å². The number of aromatic nitrogens is 5. The first kappa shape index (κ1) is 20.9. The van der Waals surface area contributed by atoms with E-state index < -0.39 is 11.4 Å². The molecule has 3 rings (SSSR count). The summed E-state index contributed by atoms with van der Waals surface area (Å²) < 4.78 is 7.30. The zero-order valence-corrected chi connectivity index (χ0v) is 17.6.